The van der Waals surface area contributed by atoms with Gasteiger partial charge in [-0.25, -0.2) is 8.42 Å². The SMILES string of the molecule is COc1ccc(Cl)cc1N(CC(=O)N(Cc1ccc(C)cc1)[C@H](C)C(=O)NCC(C)C)S(C)(=O)=O. The average molecular weight is 524 g/mol. The first-order valence-electron chi connectivity index (χ1n) is 11.3. The normalized spacial score (nSPS) is 12.2. The largest absolute Gasteiger partial charge is 0.495 e. The van der Waals surface area contributed by atoms with Crippen LogP contribution in [-0.4, -0.2) is 57.6 Å². The van der Waals surface area contributed by atoms with E-state index in [4.69, 9.17) is 16.3 Å². The number of halogens is 1. The molecule has 0 aliphatic carbocycles. The number of carbonyl (C=O) groups excluding carboxylic acids is 2. The standard InChI is InChI=1S/C25H34ClN3O5S/c1-17(2)14-27-25(31)19(4)28(15-20-9-7-18(3)8-10-20)24(30)16-29(35(6,32)33)22-13-21(26)11-12-23(22)34-5/h7-13,17,19H,14-16H2,1-6H3,(H,27,31)/t19-/m1/s1. The molecule has 2 aromatic rings. The number of nitrogens with zero attached hydrogens (tertiary/aromatic N) is 2. The van der Waals surface area contributed by atoms with Gasteiger partial charge in [-0.15, -0.1) is 0 Å². The topological polar surface area (TPSA) is 96.0 Å². The van der Waals surface area contributed by atoms with Crippen LogP contribution >= 0.6 is 11.6 Å². The summed E-state index contributed by atoms with van der Waals surface area (Å²) in [6.45, 7) is 7.61. The van der Waals surface area contributed by atoms with Crippen molar-refractivity contribution in [3.8, 4) is 5.75 Å². The van der Waals surface area contributed by atoms with E-state index in [1.807, 2.05) is 45.0 Å². The van der Waals surface area contributed by atoms with E-state index in [2.05, 4.69) is 5.32 Å². The number of anilines is 1. The summed E-state index contributed by atoms with van der Waals surface area (Å²) in [7, 11) is -2.49. The van der Waals surface area contributed by atoms with Crippen LogP contribution in [-0.2, 0) is 26.2 Å². The van der Waals surface area contributed by atoms with E-state index in [-0.39, 0.29) is 29.8 Å². The lowest BCUT2D eigenvalue weighted by atomic mass is 10.1. The number of aryl methyl sites for hydroxylation is 1. The minimum absolute atomic E-state index is 0.139. The first-order valence-corrected chi connectivity index (χ1v) is 13.5. The van der Waals surface area contributed by atoms with Gasteiger partial charge in [-0.1, -0.05) is 55.3 Å². The van der Waals surface area contributed by atoms with Crippen LogP contribution in [0.5, 0.6) is 5.75 Å². The highest BCUT2D eigenvalue weighted by molar-refractivity contribution is 7.92. The number of ether oxygens (including phenoxy) is 1. The van der Waals surface area contributed by atoms with Gasteiger partial charge in [-0.2, -0.15) is 0 Å². The van der Waals surface area contributed by atoms with Crippen molar-refractivity contribution in [2.75, 3.05) is 30.8 Å². The molecule has 2 rings (SSSR count). The molecular formula is C25H34ClN3O5S. The van der Waals surface area contributed by atoms with Crippen LogP contribution in [0.1, 0.15) is 31.9 Å². The van der Waals surface area contributed by atoms with Crippen molar-refractivity contribution in [3.63, 3.8) is 0 Å². The number of hydrogen-bond acceptors (Lipinski definition) is 5. The third-order valence-corrected chi connectivity index (χ3v) is 6.78. The zero-order valence-corrected chi connectivity index (χ0v) is 22.6. The molecule has 0 bridgehead atoms. The first kappa shape index (κ1) is 28.5. The molecule has 0 aliphatic rings. The summed E-state index contributed by atoms with van der Waals surface area (Å²) >= 11 is 6.11. The average Bonchev–Trinajstić information content (AvgIpc) is 2.79. The summed E-state index contributed by atoms with van der Waals surface area (Å²) in [5.74, 6) is -0.362. The number of methoxy groups -OCH3 is 1. The second-order valence-corrected chi connectivity index (χ2v) is 11.3. The van der Waals surface area contributed by atoms with Gasteiger partial charge in [0.15, 0.2) is 0 Å². The Bertz CT molecular complexity index is 1140. The molecule has 1 atom stereocenters. The summed E-state index contributed by atoms with van der Waals surface area (Å²) < 4.78 is 31.7. The van der Waals surface area contributed by atoms with Crippen LogP contribution in [0, 0.1) is 12.8 Å². The van der Waals surface area contributed by atoms with Crippen LogP contribution in [0.4, 0.5) is 5.69 Å². The molecule has 1 N–H and O–H groups in total. The number of nitrogens with one attached hydrogen (secondary N) is 1. The number of carbonyl (C=O) groups is 2. The van der Waals surface area contributed by atoms with E-state index in [1.165, 1.54) is 24.1 Å². The number of benzene rings is 2. The minimum Gasteiger partial charge on any atom is -0.495 e. The lowest BCUT2D eigenvalue weighted by Gasteiger charge is -2.32. The predicted octanol–water partition coefficient (Wildman–Crippen LogP) is 3.61. The highest BCUT2D eigenvalue weighted by atomic mass is 35.5. The number of hydrogen-bond donors (Lipinski definition) is 1. The summed E-state index contributed by atoms with van der Waals surface area (Å²) in [5, 5.41) is 3.14. The van der Waals surface area contributed by atoms with Crippen LogP contribution in [0.3, 0.4) is 0 Å². The van der Waals surface area contributed by atoms with E-state index in [0.717, 1.165) is 21.7 Å². The molecule has 0 aliphatic heterocycles. The van der Waals surface area contributed by atoms with Crippen molar-refractivity contribution >= 4 is 39.1 Å². The fourth-order valence-electron chi connectivity index (χ4n) is 3.38. The Morgan fingerprint density at radius 2 is 1.71 bits per heavy atom. The van der Waals surface area contributed by atoms with Crippen LogP contribution in [0.25, 0.3) is 0 Å². The van der Waals surface area contributed by atoms with Crippen molar-refractivity contribution in [1.82, 2.24) is 10.2 Å². The third-order valence-electron chi connectivity index (χ3n) is 5.41. The zero-order valence-electron chi connectivity index (χ0n) is 21.0. The van der Waals surface area contributed by atoms with Gasteiger partial charge >= 0.3 is 0 Å². The Morgan fingerprint density at radius 3 is 2.26 bits per heavy atom. The lowest BCUT2D eigenvalue weighted by Crippen LogP contribution is -2.51. The summed E-state index contributed by atoms with van der Waals surface area (Å²) in [6.07, 6.45) is 1.00. The molecule has 0 spiro atoms. The minimum atomic E-state index is -3.90. The molecule has 0 unspecified atom stereocenters. The number of sulfonamides is 1. The molecular weight excluding hydrogens is 490 g/mol. The van der Waals surface area contributed by atoms with E-state index < -0.39 is 28.5 Å². The Kier molecular flexibility index (Phi) is 9.97. The van der Waals surface area contributed by atoms with Gasteiger partial charge < -0.3 is 15.0 Å². The summed E-state index contributed by atoms with van der Waals surface area (Å²) in [4.78, 5) is 27.8. The van der Waals surface area contributed by atoms with Gasteiger partial charge in [-0.3, -0.25) is 13.9 Å². The highest BCUT2D eigenvalue weighted by Gasteiger charge is 2.31. The maximum atomic E-state index is 13.6. The van der Waals surface area contributed by atoms with E-state index >= 15 is 0 Å². The number of amides is 2. The maximum absolute atomic E-state index is 13.6. The zero-order chi connectivity index (χ0) is 26.3. The third kappa shape index (κ3) is 8.14. The molecule has 0 fully saturated rings. The van der Waals surface area contributed by atoms with Gasteiger partial charge in [-0.05, 0) is 43.5 Å². The molecule has 0 aromatic heterocycles. The van der Waals surface area contributed by atoms with Crippen molar-refractivity contribution in [2.24, 2.45) is 5.92 Å². The number of rotatable bonds is 11. The van der Waals surface area contributed by atoms with Gasteiger partial charge in [0.25, 0.3) is 0 Å². The predicted molar refractivity (Wildman–Crippen MR) is 139 cm³/mol. The van der Waals surface area contributed by atoms with E-state index in [1.54, 1.807) is 13.0 Å². The van der Waals surface area contributed by atoms with Gasteiger partial charge in [0.2, 0.25) is 21.8 Å². The quantitative estimate of drug-likeness (QED) is 0.485. The van der Waals surface area contributed by atoms with Crippen LogP contribution < -0.4 is 14.4 Å². The molecule has 2 amide bonds. The fourth-order valence-corrected chi connectivity index (χ4v) is 4.39. The molecule has 0 radical (unpaired) electrons. The lowest BCUT2D eigenvalue weighted by molar-refractivity contribution is -0.139. The molecule has 0 saturated carbocycles. The Balaban J connectivity index is 2.43. The van der Waals surface area contributed by atoms with Crippen molar-refractivity contribution in [2.45, 2.75) is 40.3 Å². The smallest absolute Gasteiger partial charge is 0.244 e. The monoisotopic (exact) mass is 523 g/mol. The molecule has 0 saturated heterocycles. The second kappa shape index (κ2) is 12.3. The maximum Gasteiger partial charge on any atom is 0.244 e. The summed E-state index contributed by atoms with van der Waals surface area (Å²) in [6, 6.07) is 11.3. The highest BCUT2D eigenvalue weighted by Crippen LogP contribution is 2.33. The second-order valence-electron chi connectivity index (χ2n) is 8.91. The Hall–Kier alpha value is -2.78. The first-order chi connectivity index (χ1) is 16.3. The molecule has 10 heteroatoms. The Morgan fingerprint density at radius 1 is 1.09 bits per heavy atom. The van der Waals surface area contributed by atoms with Crippen molar-refractivity contribution in [1.29, 1.82) is 0 Å². The van der Waals surface area contributed by atoms with Crippen molar-refractivity contribution in [3.05, 3.63) is 58.6 Å². The van der Waals surface area contributed by atoms with Gasteiger partial charge in [0, 0.05) is 18.1 Å². The molecule has 2 aromatic carbocycles. The van der Waals surface area contributed by atoms with E-state index in [9.17, 15) is 18.0 Å². The molecule has 35 heavy (non-hydrogen) atoms. The Labute approximate surface area is 213 Å². The molecule has 192 valence electrons. The van der Waals surface area contributed by atoms with Crippen LogP contribution in [0.2, 0.25) is 5.02 Å². The molecule has 0 heterocycles. The molecule has 8 nitrogen and oxygen atoms in total. The van der Waals surface area contributed by atoms with E-state index in [0.29, 0.717) is 11.6 Å². The summed E-state index contributed by atoms with van der Waals surface area (Å²) in [5.41, 5.74) is 2.02. The fraction of sp³-hybridized carbons (Fsp3) is 0.440. The van der Waals surface area contributed by atoms with Gasteiger partial charge in [0.05, 0.1) is 19.1 Å². The van der Waals surface area contributed by atoms with Crippen LogP contribution in [0.15, 0.2) is 42.5 Å². The van der Waals surface area contributed by atoms with Gasteiger partial charge in [0.1, 0.15) is 18.3 Å². The van der Waals surface area contributed by atoms with Crippen molar-refractivity contribution < 1.29 is 22.7 Å².